The second kappa shape index (κ2) is 7.35. The molecule has 1 aliphatic carbocycles. The maximum Gasteiger partial charge on any atom is 0.156 e. The molecule has 0 bridgehead atoms. The van der Waals surface area contributed by atoms with Gasteiger partial charge in [-0.2, -0.15) is 0 Å². The van der Waals surface area contributed by atoms with Crippen LogP contribution >= 0.6 is 23.2 Å². The number of methoxy groups -OCH3 is 1. The van der Waals surface area contributed by atoms with Crippen LogP contribution in [0.3, 0.4) is 0 Å². The standard InChI is InChI=1S/C24H22Cl2O2/c1-5-15-6-7-16-9-17(22-8-13(2)14(3)28-22)10-19(16)23(15)18-11-20(25)24(27-4)21(26)12-18/h6-8,10-12H,5,9H2,1-4H3. The van der Waals surface area contributed by atoms with Gasteiger partial charge < -0.3 is 9.15 Å². The third-order valence-electron chi connectivity index (χ3n) is 5.48. The highest BCUT2D eigenvalue weighted by Crippen LogP contribution is 2.44. The number of halogens is 2. The van der Waals surface area contributed by atoms with Crippen LogP contribution in [0.2, 0.25) is 10.0 Å². The van der Waals surface area contributed by atoms with Crippen LogP contribution in [-0.2, 0) is 12.8 Å². The van der Waals surface area contributed by atoms with E-state index in [2.05, 4.69) is 38.1 Å². The van der Waals surface area contributed by atoms with Gasteiger partial charge in [0.2, 0.25) is 0 Å². The number of furan rings is 1. The van der Waals surface area contributed by atoms with Crippen LogP contribution in [-0.4, -0.2) is 7.11 Å². The van der Waals surface area contributed by atoms with E-state index in [1.54, 1.807) is 7.11 Å². The van der Waals surface area contributed by atoms with Gasteiger partial charge in [0.15, 0.2) is 5.75 Å². The normalized spacial score (nSPS) is 12.9. The zero-order valence-corrected chi connectivity index (χ0v) is 18.0. The summed E-state index contributed by atoms with van der Waals surface area (Å²) < 4.78 is 11.3. The van der Waals surface area contributed by atoms with Crippen LogP contribution in [0.15, 0.2) is 34.7 Å². The summed E-state index contributed by atoms with van der Waals surface area (Å²) in [4.78, 5) is 0. The highest BCUT2D eigenvalue weighted by molar-refractivity contribution is 6.37. The van der Waals surface area contributed by atoms with Crippen molar-refractivity contribution >= 4 is 34.9 Å². The van der Waals surface area contributed by atoms with Gasteiger partial charge in [-0.1, -0.05) is 42.3 Å². The number of rotatable bonds is 4. The summed E-state index contributed by atoms with van der Waals surface area (Å²) >= 11 is 12.9. The molecule has 0 fully saturated rings. The van der Waals surface area contributed by atoms with Crippen LogP contribution in [0.5, 0.6) is 5.75 Å². The van der Waals surface area contributed by atoms with Crippen molar-refractivity contribution in [1.82, 2.24) is 0 Å². The number of benzene rings is 2. The molecule has 2 nitrogen and oxygen atoms in total. The van der Waals surface area contributed by atoms with E-state index in [1.165, 1.54) is 33.4 Å². The van der Waals surface area contributed by atoms with Gasteiger partial charge in [0.05, 0.1) is 17.2 Å². The smallest absolute Gasteiger partial charge is 0.156 e. The Morgan fingerprint density at radius 1 is 1.07 bits per heavy atom. The van der Waals surface area contributed by atoms with Crippen LogP contribution in [0, 0.1) is 13.8 Å². The first-order valence-corrected chi connectivity index (χ1v) is 10.1. The summed E-state index contributed by atoms with van der Waals surface area (Å²) in [5, 5.41) is 1.04. The van der Waals surface area contributed by atoms with E-state index in [-0.39, 0.29) is 0 Å². The first-order valence-electron chi connectivity index (χ1n) is 9.39. The summed E-state index contributed by atoms with van der Waals surface area (Å²) in [5.74, 6) is 2.42. The fraction of sp³-hybridized carbons (Fsp3) is 0.250. The molecule has 28 heavy (non-hydrogen) atoms. The van der Waals surface area contributed by atoms with Crippen molar-refractivity contribution in [1.29, 1.82) is 0 Å². The summed E-state index contributed by atoms with van der Waals surface area (Å²) in [6.45, 7) is 6.24. The zero-order valence-electron chi connectivity index (χ0n) is 16.5. The molecule has 0 unspecified atom stereocenters. The molecule has 1 aromatic heterocycles. The molecular formula is C24H22Cl2O2. The molecule has 0 aliphatic heterocycles. The van der Waals surface area contributed by atoms with E-state index in [4.69, 9.17) is 32.4 Å². The predicted molar refractivity (Wildman–Crippen MR) is 118 cm³/mol. The average Bonchev–Trinajstić information content (AvgIpc) is 3.23. The topological polar surface area (TPSA) is 22.4 Å². The van der Waals surface area contributed by atoms with E-state index >= 15 is 0 Å². The van der Waals surface area contributed by atoms with Crippen molar-refractivity contribution in [3.63, 3.8) is 0 Å². The van der Waals surface area contributed by atoms with Crippen LogP contribution in [0.4, 0.5) is 0 Å². The second-order valence-corrected chi connectivity index (χ2v) is 8.01. The molecule has 0 radical (unpaired) electrons. The van der Waals surface area contributed by atoms with Gasteiger partial charge >= 0.3 is 0 Å². The molecule has 0 saturated heterocycles. The average molecular weight is 413 g/mol. The van der Waals surface area contributed by atoms with E-state index in [0.717, 1.165) is 29.9 Å². The number of ether oxygens (including phenoxy) is 1. The van der Waals surface area contributed by atoms with Crippen LogP contribution in [0.1, 0.15) is 40.7 Å². The molecule has 0 N–H and O–H groups in total. The Morgan fingerprint density at radius 3 is 2.36 bits per heavy atom. The van der Waals surface area contributed by atoms with Crippen LogP contribution in [0.25, 0.3) is 22.8 Å². The molecular weight excluding hydrogens is 391 g/mol. The molecule has 1 heterocycles. The van der Waals surface area contributed by atoms with Crippen LogP contribution < -0.4 is 4.74 Å². The predicted octanol–water partition coefficient (Wildman–Crippen LogP) is 7.54. The maximum absolute atomic E-state index is 6.44. The Bertz CT molecular complexity index is 1060. The molecule has 3 aromatic rings. The number of hydrogen-bond acceptors (Lipinski definition) is 2. The second-order valence-electron chi connectivity index (χ2n) is 7.20. The summed E-state index contributed by atoms with van der Waals surface area (Å²) in [6.07, 6.45) is 4.02. The van der Waals surface area contributed by atoms with Crippen molar-refractivity contribution < 1.29 is 9.15 Å². The molecule has 0 saturated carbocycles. The third-order valence-corrected chi connectivity index (χ3v) is 6.04. The summed E-state index contributed by atoms with van der Waals surface area (Å²) in [6, 6.07) is 10.4. The first kappa shape index (κ1) is 19.2. The van der Waals surface area contributed by atoms with Crippen molar-refractivity contribution in [2.24, 2.45) is 0 Å². The zero-order chi connectivity index (χ0) is 20.0. The molecule has 4 heteroatoms. The lowest BCUT2D eigenvalue weighted by atomic mass is 9.91. The van der Waals surface area contributed by atoms with Gasteiger partial charge in [-0.15, -0.1) is 0 Å². The Balaban J connectivity index is 1.89. The van der Waals surface area contributed by atoms with Crippen molar-refractivity contribution in [3.05, 3.63) is 74.2 Å². The Hall–Kier alpha value is -2.16. The Labute approximate surface area is 175 Å². The molecule has 2 aromatic carbocycles. The highest BCUT2D eigenvalue weighted by atomic mass is 35.5. The first-order chi connectivity index (χ1) is 13.4. The number of allylic oxidation sites excluding steroid dienone is 1. The van der Waals surface area contributed by atoms with E-state index in [0.29, 0.717) is 15.8 Å². The van der Waals surface area contributed by atoms with Gasteiger partial charge in [0, 0.05) is 6.42 Å². The molecule has 0 amide bonds. The largest absolute Gasteiger partial charge is 0.494 e. The highest BCUT2D eigenvalue weighted by Gasteiger charge is 2.23. The van der Waals surface area contributed by atoms with Crippen molar-refractivity contribution in [2.45, 2.75) is 33.6 Å². The molecule has 144 valence electrons. The quantitative estimate of drug-likeness (QED) is 0.441. The molecule has 0 atom stereocenters. The summed E-state index contributed by atoms with van der Waals surface area (Å²) in [5.41, 5.74) is 8.34. The SMILES string of the molecule is CCc1ccc2c(c1-c1cc(Cl)c(OC)c(Cl)c1)C=C(c1cc(C)c(C)o1)C2. The van der Waals surface area contributed by atoms with Gasteiger partial charge in [0.25, 0.3) is 0 Å². The minimum atomic E-state index is 0.510. The molecule has 1 aliphatic rings. The van der Waals surface area contributed by atoms with Gasteiger partial charge in [-0.3, -0.25) is 0 Å². The number of fused-ring (bicyclic) bond motifs is 1. The van der Waals surface area contributed by atoms with Crippen molar-refractivity contribution in [2.75, 3.05) is 7.11 Å². The Morgan fingerprint density at radius 2 is 1.79 bits per heavy atom. The fourth-order valence-electron chi connectivity index (χ4n) is 3.88. The van der Waals surface area contributed by atoms with E-state index in [1.807, 2.05) is 19.1 Å². The van der Waals surface area contributed by atoms with Gasteiger partial charge in [-0.25, -0.2) is 0 Å². The summed E-state index contributed by atoms with van der Waals surface area (Å²) in [7, 11) is 1.58. The minimum absolute atomic E-state index is 0.510. The monoisotopic (exact) mass is 412 g/mol. The van der Waals surface area contributed by atoms with Gasteiger partial charge in [0.1, 0.15) is 11.5 Å². The maximum atomic E-state index is 6.44. The molecule has 0 spiro atoms. The van der Waals surface area contributed by atoms with E-state index in [9.17, 15) is 0 Å². The van der Waals surface area contributed by atoms with E-state index < -0.39 is 0 Å². The third kappa shape index (κ3) is 3.15. The lowest BCUT2D eigenvalue weighted by Crippen LogP contribution is -1.95. The minimum Gasteiger partial charge on any atom is -0.494 e. The Kier molecular flexibility index (Phi) is 5.03. The lowest BCUT2D eigenvalue weighted by Gasteiger charge is -2.15. The lowest BCUT2D eigenvalue weighted by molar-refractivity contribution is 0.415. The molecule has 4 rings (SSSR count). The van der Waals surface area contributed by atoms with Crippen molar-refractivity contribution in [3.8, 4) is 16.9 Å². The van der Waals surface area contributed by atoms with Gasteiger partial charge in [-0.05, 0) is 83.5 Å². The fourth-order valence-corrected chi connectivity index (χ4v) is 4.52. The number of aryl methyl sites for hydroxylation is 3. The number of hydrogen-bond donors (Lipinski definition) is 0.